The minimum absolute atomic E-state index is 0.0605. The second-order valence-corrected chi connectivity index (χ2v) is 22.5. The molecule has 1 aromatic carbocycles. The van der Waals surface area contributed by atoms with Crippen molar-refractivity contribution < 1.29 is 43.2 Å². The lowest BCUT2D eigenvalue weighted by Gasteiger charge is -2.73. The van der Waals surface area contributed by atoms with Gasteiger partial charge in [0.05, 0.1) is 24.4 Å². The summed E-state index contributed by atoms with van der Waals surface area (Å²) in [6, 6.07) is 5.51. The molecule has 7 rings (SSSR count). The van der Waals surface area contributed by atoms with Crippen molar-refractivity contribution in [3.05, 3.63) is 42.0 Å². The summed E-state index contributed by atoms with van der Waals surface area (Å²) < 4.78 is 22.3. The number of carboxylic acids is 1. The summed E-state index contributed by atoms with van der Waals surface area (Å²) in [5.74, 6) is 1.80. The number of nitrogens with zero attached hydrogens (tertiary/aromatic N) is 2. The van der Waals surface area contributed by atoms with Crippen LogP contribution < -0.4 is 9.47 Å². The number of ether oxygens (including phenoxy) is 4. The summed E-state index contributed by atoms with van der Waals surface area (Å²) in [6.07, 6.45) is 13.0. The number of carbonyl (C=O) groups excluding carboxylic acids is 3. The number of amides is 2. The number of rotatable bonds is 12. The fourth-order valence-electron chi connectivity index (χ4n) is 15.1. The molecule has 6 aliphatic rings. The third-order valence-corrected chi connectivity index (χ3v) is 18.7. The number of hydrogen-bond donors (Lipinski definition) is 1. The summed E-state index contributed by atoms with van der Waals surface area (Å²) in [6.45, 7) is 24.4. The Balaban J connectivity index is 1.05. The van der Waals surface area contributed by atoms with Gasteiger partial charge < -0.3 is 33.9 Å². The second-order valence-electron chi connectivity index (χ2n) is 22.5. The van der Waals surface area contributed by atoms with Crippen molar-refractivity contribution in [2.75, 3.05) is 47.2 Å². The van der Waals surface area contributed by atoms with Gasteiger partial charge in [0.1, 0.15) is 6.10 Å². The molecular weight excluding hydrogens is 797 g/mol. The summed E-state index contributed by atoms with van der Waals surface area (Å²) in [7, 11) is 3.14. The highest BCUT2D eigenvalue weighted by Gasteiger charge is 2.72. The molecule has 1 saturated heterocycles. The van der Waals surface area contributed by atoms with Crippen LogP contribution in [0.3, 0.4) is 0 Å². The fourth-order valence-corrected chi connectivity index (χ4v) is 15.1. The highest BCUT2D eigenvalue weighted by molar-refractivity contribution is 5.92. The molecule has 10 atom stereocenters. The molecule has 5 saturated carbocycles. The molecule has 0 unspecified atom stereocenters. The van der Waals surface area contributed by atoms with Crippen LogP contribution in [0, 0.1) is 62.1 Å². The molecule has 0 bridgehead atoms. The van der Waals surface area contributed by atoms with E-state index in [1.165, 1.54) is 5.57 Å². The molecule has 2 amide bonds. The van der Waals surface area contributed by atoms with Gasteiger partial charge in [-0.1, -0.05) is 52.8 Å². The fraction of sp³-hybridized carbons (Fsp3) is 0.731. The van der Waals surface area contributed by atoms with Crippen LogP contribution in [0.5, 0.6) is 11.5 Å². The van der Waals surface area contributed by atoms with Crippen molar-refractivity contribution >= 4 is 29.8 Å². The summed E-state index contributed by atoms with van der Waals surface area (Å²) in [5, 5.41) is 9.66. The van der Waals surface area contributed by atoms with Crippen LogP contribution in [0.2, 0.25) is 0 Å². The van der Waals surface area contributed by atoms with Gasteiger partial charge in [-0.3, -0.25) is 19.2 Å². The van der Waals surface area contributed by atoms with Crippen molar-refractivity contribution in [1.82, 2.24) is 9.80 Å². The van der Waals surface area contributed by atoms with Crippen LogP contribution in [0.1, 0.15) is 132 Å². The molecule has 1 heterocycles. The minimum Gasteiger partial charge on any atom is -0.493 e. The normalized spacial score (nSPS) is 36.0. The number of hydrogen-bond acceptors (Lipinski definition) is 8. The molecular formula is C52H76N2O9. The molecule has 11 heteroatoms. The lowest BCUT2D eigenvalue weighted by molar-refractivity contribution is -0.250. The average Bonchev–Trinajstić information content (AvgIpc) is 3.64. The molecule has 0 aromatic heterocycles. The Morgan fingerprint density at radius 1 is 0.841 bits per heavy atom. The van der Waals surface area contributed by atoms with E-state index >= 15 is 4.79 Å². The number of aliphatic carboxylic acids is 1. The molecule has 63 heavy (non-hydrogen) atoms. The number of methoxy groups -OCH3 is 2. The lowest BCUT2D eigenvalue weighted by Crippen LogP contribution is -2.68. The van der Waals surface area contributed by atoms with Gasteiger partial charge in [-0.25, -0.2) is 0 Å². The van der Waals surface area contributed by atoms with Crippen LogP contribution in [0.25, 0.3) is 6.08 Å². The quantitative estimate of drug-likeness (QED) is 0.0945. The SMILES string of the molecule is C=C(C)[C@@H]1CC[C@]2(C(=O)N3CCN(C(=O)/C=C/c4ccc(OCOC)c(OC)c4)CC3)CC[C@]3(C)[C@H](CC[C@@H]4[C@@]5(C)CC[C@H](OC(=O)CC(C)(C)C(=O)O)C(C)(C)[C@@H]5CC[C@]43C)[C@@H]12. The zero-order valence-corrected chi connectivity index (χ0v) is 40.0. The number of carbonyl (C=O) groups is 4. The molecule has 1 N–H and O–H groups in total. The van der Waals surface area contributed by atoms with Gasteiger partial charge in [0.25, 0.3) is 0 Å². The molecule has 1 aromatic rings. The van der Waals surface area contributed by atoms with Crippen LogP contribution in [-0.2, 0) is 28.7 Å². The Kier molecular flexibility index (Phi) is 12.8. The molecule has 6 fully saturated rings. The predicted octanol–water partition coefficient (Wildman–Crippen LogP) is 9.43. The molecule has 0 radical (unpaired) electrons. The molecule has 1 aliphatic heterocycles. The van der Waals surface area contributed by atoms with E-state index in [0.717, 1.165) is 69.8 Å². The number of piperazine rings is 1. The summed E-state index contributed by atoms with van der Waals surface area (Å²) >= 11 is 0. The monoisotopic (exact) mass is 873 g/mol. The molecule has 0 spiro atoms. The first kappa shape index (κ1) is 47.1. The zero-order valence-electron chi connectivity index (χ0n) is 40.0. The maximum absolute atomic E-state index is 15.2. The molecule has 5 aliphatic carbocycles. The highest BCUT2D eigenvalue weighted by Crippen LogP contribution is 2.77. The van der Waals surface area contributed by atoms with Gasteiger partial charge in [0.15, 0.2) is 18.3 Å². The third kappa shape index (κ3) is 7.92. The van der Waals surface area contributed by atoms with Crippen molar-refractivity contribution in [3.8, 4) is 11.5 Å². The first-order valence-electron chi connectivity index (χ1n) is 23.7. The van der Waals surface area contributed by atoms with Gasteiger partial charge in [-0.15, -0.1) is 0 Å². The topological polar surface area (TPSA) is 132 Å². The van der Waals surface area contributed by atoms with Gasteiger partial charge in [-0.2, -0.15) is 0 Å². The smallest absolute Gasteiger partial charge is 0.309 e. The molecule has 11 nitrogen and oxygen atoms in total. The number of allylic oxidation sites excluding steroid dienone is 1. The largest absolute Gasteiger partial charge is 0.493 e. The zero-order chi connectivity index (χ0) is 45.9. The van der Waals surface area contributed by atoms with E-state index in [4.69, 9.17) is 18.9 Å². The van der Waals surface area contributed by atoms with Gasteiger partial charge in [-0.05, 0) is 155 Å². The number of fused-ring (bicyclic) bond motifs is 7. The van der Waals surface area contributed by atoms with E-state index in [1.54, 1.807) is 46.3 Å². The Labute approximate surface area is 376 Å². The Morgan fingerprint density at radius 3 is 2.19 bits per heavy atom. The summed E-state index contributed by atoms with van der Waals surface area (Å²) in [5.41, 5.74) is 0.423. The minimum atomic E-state index is -1.17. The van der Waals surface area contributed by atoms with E-state index in [1.807, 2.05) is 17.0 Å². The van der Waals surface area contributed by atoms with Crippen LogP contribution in [0.15, 0.2) is 36.4 Å². The van der Waals surface area contributed by atoms with E-state index < -0.39 is 22.8 Å². The number of benzene rings is 1. The maximum atomic E-state index is 15.2. The van der Waals surface area contributed by atoms with Crippen LogP contribution >= 0.6 is 0 Å². The van der Waals surface area contributed by atoms with Crippen LogP contribution in [-0.4, -0.2) is 92.0 Å². The number of carboxylic acid groups (broad SMARTS) is 1. The van der Waals surface area contributed by atoms with Gasteiger partial charge in [0.2, 0.25) is 11.8 Å². The Bertz CT molecular complexity index is 1980. The van der Waals surface area contributed by atoms with Crippen molar-refractivity contribution in [3.63, 3.8) is 0 Å². The van der Waals surface area contributed by atoms with Crippen molar-refractivity contribution in [2.45, 2.75) is 132 Å². The lowest BCUT2D eigenvalue weighted by atomic mass is 9.32. The van der Waals surface area contributed by atoms with E-state index in [0.29, 0.717) is 67.3 Å². The predicted molar refractivity (Wildman–Crippen MR) is 243 cm³/mol. The maximum Gasteiger partial charge on any atom is 0.309 e. The Hall–Kier alpha value is -3.86. The molecule has 348 valence electrons. The van der Waals surface area contributed by atoms with Crippen molar-refractivity contribution in [2.24, 2.45) is 62.1 Å². The first-order valence-corrected chi connectivity index (χ1v) is 23.7. The second kappa shape index (κ2) is 17.2. The van der Waals surface area contributed by atoms with Crippen LogP contribution in [0.4, 0.5) is 0 Å². The van der Waals surface area contributed by atoms with Gasteiger partial charge >= 0.3 is 11.9 Å². The average molecular weight is 873 g/mol. The first-order chi connectivity index (χ1) is 29.6. The van der Waals surface area contributed by atoms with Crippen molar-refractivity contribution in [1.29, 1.82) is 0 Å². The van der Waals surface area contributed by atoms with E-state index in [-0.39, 0.29) is 52.8 Å². The highest BCUT2D eigenvalue weighted by atomic mass is 16.7. The summed E-state index contributed by atoms with van der Waals surface area (Å²) in [4.78, 5) is 57.6. The van der Waals surface area contributed by atoms with E-state index in [2.05, 4.69) is 53.0 Å². The van der Waals surface area contributed by atoms with E-state index in [9.17, 15) is 19.5 Å². The Morgan fingerprint density at radius 2 is 1.54 bits per heavy atom. The number of esters is 1. The third-order valence-electron chi connectivity index (χ3n) is 18.7. The van der Waals surface area contributed by atoms with Gasteiger partial charge in [0, 0.05) is 44.8 Å². The standard InChI is InChI=1S/C52H76N2O9/c1-33(2)35-18-23-52(45(57)54-28-26-53(27-29-54)42(55)17-13-34-12-15-37(62-32-60-10)38(30-34)61-11)25-24-50(8)36(44(35)52)14-16-40-49(7)21-20-41(63-43(56)31-47(3,4)46(58)59)48(5,6)39(49)19-22-51(40,50)9/h12-13,15,17,30,35-36,39-41,44H,1,14,16,18-29,31-32H2,2-11H3,(H,58,59)/b17-13+/t35-,36+,39-,40+,41-,44+,49-,50+,51+,52-/m0/s1.